The van der Waals surface area contributed by atoms with Crippen LogP contribution < -0.4 is 10.2 Å². The lowest BCUT2D eigenvalue weighted by atomic mass is 10.1. The van der Waals surface area contributed by atoms with Crippen molar-refractivity contribution >= 4 is 17.3 Å². The molecule has 1 saturated heterocycles. The average molecular weight is 269 g/mol. The van der Waals surface area contributed by atoms with Crippen molar-refractivity contribution in [1.29, 1.82) is 0 Å². The first-order valence-electron chi connectivity index (χ1n) is 6.43. The first-order valence-corrected chi connectivity index (χ1v) is 6.81. The van der Waals surface area contributed by atoms with Gasteiger partial charge >= 0.3 is 0 Å². The second-order valence-corrected chi connectivity index (χ2v) is 5.39. The summed E-state index contributed by atoms with van der Waals surface area (Å²) >= 11 is 6.09. The van der Waals surface area contributed by atoms with Crippen molar-refractivity contribution in [3.63, 3.8) is 0 Å². The van der Waals surface area contributed by atoms with E-state index in [-0.39, 0.29) is 6.10 Å². The normalized spacial score (nSPS) is 24.3. The number of hydrogen-bond donors (Lipinski definition) is 1. The Hall–Kier alpha value is -0.770. The van der Waals surface area contributed by atoms with Crippen molar-refractivity contribution in [2.75, 3.05) is 25.1 Å². The molecule has 0 spiro atoms. The van der Waals surface area contributed by atoms with Crippen LogP contribution in [-0.2, 0) is 11.3 Å². The van der Waals surface area contributed by atoms with Gasteiger partial charge in [0.1, 0.15) is 0 Å². The first kappa shape index (κ1) is 13.7. The summed E-state index contributed by atoms with van der Waals surface area (Å²) in [4.78, 5) is 2.41. The van der Waals surface area contributed by atoms with Gasteiger partial charge in [-0.3, -0.25) is 0 Å². The smallest absolute Gasteiger partial charge is 0.0723 e. The first-order chi connectivity index (χ1) is 8.61. The molecule has 0 amide bonds. The zero-order valence-electron chi connectivity index (χ0n) is 11.2. The lowest BCUT2D eigenvalue weighted by Crippen LogP contribution is -2.47. The van der Waals surface area contributed by atoms with Crippen LogP contribution in [0.15, 0.2) is 18.2 Å². The van der Waals surface area contributed by atoms with Crippen LogP contribution >= 0.6 is 11.6 Å². The highest BCUT2D eigenvalue weighted by molar-refractivity contribution is 6.30. The van der Waals surface area contributed by atoms with Gasteiger partial charge in [-0.05, 0) is 44.7 Å². The van der Waals surface area contributed by atoms with Crippen LogP contribution in [0.1, 0.15) is 19.4 Å². The Bertz CT molecular complexity index is 411. The molecular weight excluding hydrogens is 248 g/mol. The number of ether oxygens (including phenoxy) is 1. The van der Waals surface area contributed by atoms with Crippen LogP contribution in [0.2, 0.25) is 5.02 Å². The summed E-state index contributed by atoms with van der Waals surface area (Å²) in [5.74, 6) is 0. The summed E-state index contributed by atoms with van der Waals surface area (Å²) in [6, 6.07) is 6.52. The molecule has 1 N–H and O–H groups in total. The van der Waals surface area contributed by atoms with E-state index in [1.54, 1.807) is 0 Å². The van der Waals surface area contributed by atoms with Gasteiger partial charge in [0, 0.05) is 29.8 Å². The van der Waals surface area contributed by atoms with E-state index in [2.05, 4.69) is 30.1 Å². The van der Waals surface area contributed by atoms with Crippen LogP contribution in [-0.4, -0.2) is 32.3 Å². The van der Waals surface area contributed by atoms with Crippen molar-refractivity contribution in [1.82, 2.24) is 5.32 Å². The van der Waals surface area contributed by atoms with Gasteiger partial charge in [0.15, 0.2) is 0 Å². The molecule has 18 heavy (non-hydrogen) atoms. The Balaban J connectivity index is 2.30. The molecular formula is C14H21ClN2O. The van der Waals surface area contributed by atoms with Gasteiger partial charge in [-0.25, -0.2) is 0 Å². The number of hydrogen-bond acceptors (Lipinski definition) is 3. The largest absolute Gasteiger partial charge is 0.375 e. The molecule has 1 aromatic rings. The minimum absolute atomic E-state index is 0.277. The molecule has 2 atom stereocenters. The summed E-state index contributed by atoms with van der Waals surface area (Å²) in [6.07, 6.45) is 0.277. The molecule has 2 unspecified atom stereocenters. The predicted octanol–water partition coefficient (Wildman–Crippen LogP) is 2.67. The number of morpholine rings is 1. The molecule has 0 radical (unpaired) electrons. The standard InChI is InChI=1S/C14H21ClN2O/c1-10-9-18-11(2)8-17(10)14-5-4-13(15)6-12(14)7-16-3/h4-6,10-11,16H,7-9H2,1-3H3. The molecule has 100 valence electrons. The monoisotopic (exact) mass is 268 g/mol. The van der Waals surface area contributed by atoms with Gasteiger partial charge in [0.2, 0.25) is 0 Å². The van der Waals surface area contributed by atoms with Gasteiger partial charge < -0.3 is 15.0 Å². The fourth-order valence-electron chi connectivity index (χ4n) is 2.41. The van der Waals surface area contributed by atoms with Crippen molar-refractivity contribution in [3.05, 3.63) is 28.8 Å². The van der Waals surface area contributed by atoms with Crippen LogP contribution in [0.5, 0.6) is 0 Å². The zero-order valence-corrected chi connectivity index (χ0v) is 12.0. The maximum Gasteiger partial charge on any atom is 0.0723 e. The zero-order chi connectivity index (χ0) is 13.1. The van der Waals surface area contributed by atoms with Crippen LogP contribution in [0.3, 0.4) is 0 Å². The Morgan fingerprint density at radius 1 is 1.44 bits per heavy atom. The number of anilines is 1. The van der Waals surface area contributed by atoms with Gasteiger partial charge in [0.25, 0.3) is 0 Å². The number of nitrogens with one attached hydrogen (secondary N) is 1. The highest BCUT2D eigenvalue weighted by Crippen LogP contribution is 2.28. The van der Waals surface area contributed by atoms with E-state index in [1.165, 1.54) is 11.3 Å². The molecule has 1 aliphatic heterocycles. The van der Waals surface area contributed by atoms with Crippen LogP contribution in [0.4, 0.5) is 5.69 Å². The molecule has 4 heteroatoms. The van der Waals surface area contributed by atoms with Gasteiger partial charge in [-0.1, -0.05) is 11.6 Å². The molecule has 1 aromatic carbocycles. The molecule has 0 aliphatic carbocycles. The molecule has 0 saturated carbocycles. The van der Waals surface area contributed by atoms with E-state index in [4.69, 9.17) is 16.3 Å². The third-order valence-electron chi connectivity index (χ3n) is 3.33. The van der Waals surface area contributed by atoms with E-state index in [0.29, 0.717) is 6.04 Å². The predicted molar refractivity (Wildman–Crippen MR) is 76.4 cm³/mol. The van der Waals surface area contributed by atoms with Gasteiger partial charge in [0.05, 0.1) is 12.7 Å². The Kier molecular flexibility index (Phi) is 4.49. The van der Waals surface area contributed by atoms with Crippen molar-refractivity contribution in [2.45, 2.75) is 32.5 Å². The molecule has 0 bridgehead atoms. The fraction of sp³-hybridized carbons (Fsp3) is 0.571. The topological polar surface area (TPSA) is 24.5 Å². The number of benzene rings is 1. The minimum atomic E-state index is 0.277. The number of rotatable bonds is 3. The molecule has 2 rings (SSSR count). The van der Waals surface area contributed by atoms with E-state index < -0.39 is 0 Å². The SMILES string of the molecule is CNCc1cc(Cl)ccc1N1CC(C)OCC1C. The molecule has 1 heterocycles. The lowest BCUT2D eigenvalue weighted by molar-refractivity contribution is 0.0343. The molecule has 0 aromatic heterocycles. The quantitative estimate of drug-likeness (QED) is 0.912. The van der Waals surface area contributed by atoms with Gasteiger partial charge in [-0.15, -0.1) is 0 Å². The Labute approximate surface area is 114 Å². The van der Waals surface area contributed by atoms with Crippen molar-refractivity contribution in [2.24, 2.45) is 0 Å². The third kappa shape index (κ3) is 2.97. The Morgan fingerprint density at radius 2 is 2.22 bits per heavy atom. The van der Waals surface area contributed by atoms with Gasteiger partial charge in [-0.2, -0.15) is 0 Å². The van der Waals surface area contributed by atoms with Crippen molar-refractivity contribution in [3.8, 4) is 0 Å². The van der Waals surface area contributed by atoms with E-state index >= 15 is 0 Å². The maximum atomic E-state index is 6.09. The molecule has 1 aliphatic rings. The summed E-state index contributed by atoms with van der Waals surface area (Å²) in [5, 5.41) is 3.99. The summed E-state index contributed by atoms with van der Waals surface area (Å²) in [7, 11) is 1.95. The second-order valence-electron chi connectivity index (χ2n) is 4.95. The number of nitrogens with zero attached hydrogens (tertiary/aromatic N) is 1. The van der Waals surface area contributed by atoms with E-state index in [1.807, 2.05) is 19.2 Å². The summed E-state index contributed by atoms with van der Waals surface area (Å²) in [6.45, 7) is 6.85. The highest BCUT2D eigenvalue weighted by Gasteiger charge is 2.25. The van der Waals surface area contributed by atoms with E-state index in [0.717, 1.165) is 24.7 Å². The Morgan fingerprint density at radius 3 is 2.94 bits per heavy atom. The average Bonchev–Trinajstić information content (AvgIpc) is 2.33. The van der Waals surface area contributed by atoms with Crippen LogP contribution in [0, 0.1) is 0 Å². The third-order valence-corrected chi connectivity index (χ3v) is 3.56. The minimum Gasteiger partial charge on any atom is -0.375 e. The lowest BCUT2D eigenvalue weighted by Gasteiger charge is -2.39. The summed E-state index contributed by atoms with van der Waals surface area (Å²) < 4.78 is 5.68. The molecule has 1 fully saturated rings. The fourth-order valence-corrected chi connectivity index (χ4v) is 2.60. The molecule has 3 nitrogen and oxygen atoms in total. The van der Waals surface area contributed by atoms with Crippen molar-refractivity contribution < 1.29 is 4.74 Å². The second kappa shape index (κ2) is 5.91. The highest BCUT2D eigenvalue weighted by atomic mass is 35.5. The maximum absolute atomic E-state index is 6.09. The summed E-state index contributed by atoms with van der Waals surface area (Å²) in [5.41, 5.74) is 2.50. The van der Waals surface area contributed by atoms with E-state index in [9.17, 15) is 0 Å². The number of halogens is 1. The van der Waals surface area contributed by atoms with Crippen LogP contribution in [0.25, 0.3) is 0 Å².